The summed E-state index contributed by atoms with van der Waals surface area (Å²) in [5.74, 6) is 1.46. The average Bonchev–Trinajstić information content (AvgIpc) is 2.96. The average molecular weight is 275 g/mol. The number of aromatic nitrogens is 2. The van der Waals surface area contributed by atoms with Crippen molar-refractivity contribution in [3.05, 3.63) is 36.5 Å². The van der Waals surface area contributed by atoms with Gasteiger partial charge in [0, 0.05) is 30.4 Å². The van der Waals surface area contributed by atoms with E-state index >= 15 is 0 Å². The predicted octanol–water partition coefficient (Wildman–Crippen LogP) is 2.96. The van der Waals surface area contributed by atoms with Crippen molar-refractivity contribution in [3.63, 3.8) is 0 Å². The molecule has 0 radical (unpaired) electrons. The molecule has 2 aromatic heterocycles. The largest absolute Gasteiger partial charge is 0.497 e. The minimum atomic E-state index is -2.23. The van der Waals surface area contributed by atoms with E-state index in [4.69, 9.17) is 13.3 Å². The fraction of sp³-hybridized carbons (Fsp3) is 0.200. The smallest absolute Gasteiger partial charge is 0.228 e. The third kappa shape index (κ3) is 2.18. The Morgan fingerprint density at radius 1 is 1.30 bits per heavy atom. The Balaban J connectivity index is 1.93. The number of nitrogens with zero attached hydrogens (tertiary/aromatic N) is 3. The molecule has 0 atom stereocenters. The molecular weight excluding hydrogens is 254 g/mol. The van der Waals surface area contributed by atoms with Gasteiger partial charge in [0.2, 0.25) is 5.89 Å². The lowest BCUT2D eigenvalue weighted by atomic mass is 10.3. The quantitative estimate of drug-likeness (QED) is 0.735. The molecule has 0 unspecified atom stereocenters. The highest BCUT2D eigenvalue weighted by Gasteiger charge is 2.09. The van der Waals surface area contributed by atoms with Crippen LogP contribution < -0.4 is 9.64 Å². The van der Waals surface area contributed by atoms with Crippen LogP contribution in [0.5, 0.6) is 5.75 Å². The summed E-state index contributed by atoms with van der Waals surface area (Å²) in [5, 5.41) is 0. The Morgan fingerprint density at radius 2 is 2.20 bits per heavy atom. The summed E-state index contributed by atoms with van der Waals surface area (Å²) < 4.78 is 33.0. The molecule has 0 N–H and O–H groups in total. The summed E-state index contributed by atoms with van der Waals surface area (Å²) in [4.78, 5) is 9.69. The summed E-state index contributed by atoms with van der Waals surface area (Å²) >= 11 is 0. The van der Waals surface area contributed by atoms with E-state index in [1.165, 1.54) is 7.05 Å². The summed E-state index contributed by atoms with van der Waals surface area (Å²) in [6.45, 7) is -2.23. The van der Waals surface area contributed by atoms with E-state index in [1.807, 2.05) is 6.07 Å². The van der Waals surface area contributed by atoms with Gasteiger partial charge in [-0.15, -0.1) is 0 Å². The standard InChI is InChI=1S/C15H15N3O2/c1-18(2)14-7-4-10(9-16-14)15-17-12-6-5-11(19-3)8-13(12)20-15/h4-9H,1-3H3/i1T3. The molecule has 0 amide bonds. The second-order valence-electron chi connectivity index (χ2n) is 4.32. The Morgan fingerprint density at radius 3 is 2.90 bits per heavy atom. The molecule has 1 aromatic carbocycles. The van der Waals surface area contributed by atoms with Crippen LogP contribution in [0.2, 0.25) is 0 Å². The normalized spacial score (nSPS) is 13.6. The number of fused-ring (bicyclic) bond motifs is 1. The highest BCUT2D eigenvalue weighted by Crippen LogP contribution is 2.27. The fourth-order valence-corrected chi connectivity index (χ4v) is 1.87. The van der Waals surface area contributed by atoms with Gasteiger partial charge in [-0.05, 0) is 24.3 Å². The fourth-order valence-electron chi connectivity index (χ4n) is 1.87. The number of oxazole rings is 1. The lowest BCUT2D eigenvalue weighted by molar-refractivity contribution is 0.414. The van der Waals surface area contributed by atoms with Crippen LogP contribution in [0.3, 0.4) is 0 Å². The van der Waals surface area contributed by atoms with Gasteiger partial charge in [0.15, 0.2) is 5.58 Å². The first-order valence-corrected chi connectivity index (χ1v) is 6.03. The SMILES string of the molecule is [3H]C([3H])([3H])N(C)c1ccc(-c2nc3ccc(OC)cc3o2)cn1. The maximum atomic E-state index is 7.38. The first-order chi connectivity index (χ1) is 10.9. The summed E-state index contributed by atoms with van der Waals surface area (Å²) in [6, 6.07) is 8.73. The van der Waals surface area contributed by atoms with Crippen LogP contribution in [0.4, 0.5) is 5.82 Å². The van der Waals surface area contributed by atoms with Crippen molar-refractivity contribution in [1.82, 2.24) is 9.97 Å². The number of ether oxygens (including phenoxy) is 1. The maximum Gasteiger partial charge on any atom is 0.228 e. The molecule has 5 nitrogen and oxygen atoms in total. The van der Waals surface area contributed by atoms with E-state index in [9.17, 15) is 0 Å². The topological polar surface area (TPSA) is 51.4 Å². The van der Waals surface area contributed by atoms with Crippen molar-refractivity contribution in [2.45, 2.75) is 0 Å². The molecule has 20 heavy (non-hydrogen) atoms. The van der Waals surface area contributed by atoms with Gasteiger partial charge >= 0.3 is 0 Å². The summed E-state index contributed by atoms with van der Waals surface area (Å²) in [7, 11) is 3.06. The lowest BCUT2D eigenvalue weighted by Gasteiger charge is -2.10. The molecule has 0 saturated heterocycles. The Hall–Kier alpha value is -2.56. The Bertz CT molecular complexity index is 828. The van der Waals surface area contributed by atoms with E-state index in [-0.39, 0.29) is 0 Å². The molecule has 0 spiro atoms. The predicted molar refractivity (Wildman–Crippen MR) is 78.1 cm³/mol. The molecule has 2 heterocycles. The minimum absolute atomic E-state index is 0.353. The highest BCUT2D eigenvalue weighted by atomic mass is 16.5. The van der Waals surface area contributed by atoms with Gasteiger partial charge in [-0.1, -0.05) is 0 Å². The maximum absolute atomic E-state index is 7.38. The lowest BCUT2D eigenvalue weighted by Crippen LogP contribution is -2.09. The van der Waals surface area contributed by atoms with E-state index in [0.717, 1.165) is 4.90 Å². The molecule has 0 saturated carbocycles. The molecule has 3 rings (SSSR count). The van der Waals surface area contributed by atoms with Gasteiger partial charge in [0.05, 0.1) is 12.7 Å². The van der Waals surface area contributed by atoms with Crippen LogP contribution in [0, 0.1) is 0 Å². The molecule has 0 bridgehead atoms. The third-order valence-corrected chi connectivity index (χ3v) is 2.93. The van der Waals surface area contributed by atoms with Crippen molar-refractivity contribution in [1.29, 1.82) is 0 Å². The Labute approximate surface area is 121 Å². The molecule has 0 aliphatic rings. The molecule has 0 fully saturated rings. The van der Waals surface area contributed by atoms with Crippen LogP contribution in [0.1, 0.15) is 4.11 Å². The van der Waals surface area contributed by atoms with Crippen molar-refractivity contribution < 1.29 is 13.3 Å². The monoisotopic (exact) mass is 275 g/mol. The number of anilines is 1. The van der Waals surface area contributed by atoms with Gasteiger partial charge < -0.3 is 14.1 Å². The zero-order valence-electron chi connectivity index (χ0n) is 14.1. The zero-order chi connectivity index (χ0) is 16.6. The van der Waals surface area contributed by atoms with E-state index < -0.39 is 6.98 Å². The minimum Gasteiger partial charge on any atom is -0.497 e. The van der Waals surface area contributed by atoms with Gasteiger partial charge in [0.25, 0.3) is 0 Å². The third-order valence-electron chi connectivity index (χ3n) is 2.93. The van der Waals surface area contributed by atoms with Crippen LogP contribution in [0.15, 0.2) is 40.9 Å². The van der Waals surface area contributed by atoms with Crippen molar-refractivity contribution >= 4 is 16.9 Å². The number of pyridine rings is 1. The molecule has 5 heteroatoms. The number of methoxy groups -OCH3 is 1. The number of benzene rings is 1. The first-order valence-electron chi connectivity index (χ1n) is 7.53. The van der Waals surface area contributed by atoms with Gasteiger partial charge in [0.1, 0.15) is 17.1 Å². The van der Waals surface area contributed by atoms with Crippen LogP contribution in [0.25, 0.3) is 22.6 Å². The van der Waals surface area contributed by atoms with Crippen molar-refractivity contribution in [2.24, 2.45) is 0 Å². The first kappa shape index (κ1) is 9.36. The van der Waals surface area contributed by atoms with Crippen LogP contribution in [-0.4, -0.2) is 31.1 Å². The number of rotatable bonds is 3. The Kier molecular flexibility index (Phi) is 2.27. The number of hydrogen-bond acceptors (Lipinski definition) is 5. The molecular formula is C15H15N3O2. The summed E-state index contributed by atoms with van der Waals surface area (Å²) in [6.07, 6.45) is 1.54. The van der Waals surface area contributed by atoms with Crippen LogP contribution >= 0.6 is 0 Å². The van der Waals surface area contributed by atoms with Crippen LogP contribution in [-0.2, 0) is 0 Å². The second kappa shape index (κ2) is 4.85. The molecule has 0 aliphatic carbocycles. The van der Waals surface area contributed by atoms with Crippen molar-refractivity contribution in [3.8, 4) is 17.2 Å². The molecule has 0 aliphatic heterocycles. The number of hydrogen-bond donors (Lipinski definition) is 0. The molecule has 102 valence electrons. The second-order valence-corrected chi connectivity index (χ2v) is 4.32. The van der Waals surface area contributed by atoms with Gasteiger partial charge in [-0.3, -0.25) is 0 Å². The van der Waals surface area contributed by atoms with E-state index in [2.05, 4.69) is 9.97 Å². The van der Waals surface area contributed by atoms with E-state index in [0.29, 0.717) is 34.1 Å². The highest BCUT2D eigenvalue weighted by molar-refractivity contribution is 5.77. The van der Waals surface area contributed by atoms with Gasteiger partial charge in [-0.25, -0.2) is 9.97 Å². The zero-order valence-corrected chi connectivity index (χ0v) is 11.1. The molecule has 3 aromatic rings. The van der Waals surface area contributed by atoms with E-state index in [1.54, 1.807) is 37.6 Å². The summed E-state index contributed by atoms with van der Waals surface area (Å²) in [5.41, 5.74) is 2.00. The van der Waals surface area contributed by atoms with Gasteiger partial charge in [-0.2, -0.15) is 0 Å². The van der Waals surface area contributed by atoms with Crippen molar-refractivity contribution in [2.75, 3.05) is 26.0 Å².